The second-order valence-corrected chi connectivity index (χ2v) is 5.61. The monoisotopic (exact) mass is 284 g/mol. The first kappa shape index (κ1) is 14.6. The molecule has 1 aliphatic heterocycles. The number of halogens is 2. The van der Waals surface area contributed by atoms with Crippen LogP contribution in [0.5, 0.6) is 0 Å². The third-order valence-electron chi connectivity index (χ3n) is 3.90. The van der Waals surface area contributed by atoms with Gasteiger partial charge in [0.1, 0.15) is 11.6 Å². The van der Waals surface area contributed by atoms with Crippen molar-refractivity contribution >= 4 is 17.4 Å². The zero-order valence-electron chi connectivity index (χ0n) is 11.5. The second-order valence-electron chi connectivity index (χ2n) is 5.34. The van der Waals surface area contributed by atoms with Crippen LogP contribution in [0, 0.1) is 11.7 Å². The molecule has 1 unspecified atom stereocenters. The molecule has 2 heterocycles. The molecule has 1 aromatic heterocycles. The van der Waals surface area contributed by atoms with Gasteiger partial charge >= 0.3 is 0 Å². The highest BCUT2D eigenvalue weighted by Crippen LogP contribution is 2.27. The highest BCUT2D eigenvalue weighted by atomic mass is 35.5. The van der Waals surface area contributed by atoms with Crippen LogP contribution in [0.4, 0.5) is 10.2 Å². The van der Waals surface area contributed by atoms with E-state index in [4.69, 9.17) is 11.6 Å². The minimum Gasteiger partial charge on any atom is -0.356 e. The van der Waals surface area contributed by atoms with E-state index in [1.807, 2.05) is 0 Å². The quantitative estimate of drug-likeness (QED) is 0.764. The van der Waals surface area contributed by atoms with Gasteiger partial charge < -0.3 is 4.90 Å². The second kappa shape index (κ2) is 7.09. The van der Waals surface area contributed by atoms with Crippen LogP contribution in [0.3, 0.4) is 0 Å². The van der Waals surface area contributed by atoms with E-state index < -0.39 is 0 Å². The first-order valence-electron chi connectivity index (χ1n) is 7.20. The van der Waals surface area contributed by atoms with E-state index in [1.54, 1.807) is 0 Å². The van der Waals surface area contributed by atoms with E-state index >= 15 is 0 Å². The Morgan fingerprint density at radius 2 is 2.26 bits per heavy atom. The van der Waals surface area contributed by atoms with Crippen LogP contribution in [-0.4, -0.2) is 18.1 Å². The fraction of sp³-hybridized carbons (Fsp3) is 0.667. The van der Waals surface area contributed by atoms with E-state index in [1.165, 1.54) is 44.4 Å². The van der Waals surface area contributed by atoms with E-state index in [0.29, 0.717) is 5.88 Å². The maximum absolute atomic E-state index is 13.2. The molecule has 1 fully saturated rings. The van der Waals surface area contributed by atoms with Crippen molar-refractivity contribution in [2.45, 2.75) is 44.9 Å². The van der Waals surface area contributed by atoms with Crippen molar-refractivity contribution < 1.29 is 4.39 Å². The van der Waals surface area contributed by atoms with Crippen LogP contribution < -0.4 is 4.90 Å². The molecule has 106 valence electrons. The van der Waals surface area contributed by atoms with Crippen LogP contribution in [0.15, 0.2) is 12.3 Å². The Bertz CT molecular complexity index is 411. The molecule has 1 aromatic rings. The molecule has 0 aliphatic carbocycles. The normalized spacial score (nSPS) is 20.4. The van der Waals surface area contributed by atoms with Crippen LogP contribution in [-0.2, 0) is 5.88 Å². The lowest BCUT2D eigenvalue weighted by atomic mass is 9.96. The number of alkyl halides is 1. The van der Waals surface area contributed by atoms with E-state index in [0.717, 1.165) is 30.4 Å². The number of hydrogen-bond donors (Lipinski definition) is 0. The van der Waals surface area contributed by atoms with Crippen molar-refractivity contribution in [1.82, 2.24) is 4.98 Å². The minimum atomic E-state index is -0.307. The summed E-state index contributed by atoms with van der Waals surface area (Å²) in [5, 5.41) is 0. The number of pyridine rings is 1. The molecule has 1 saturated heterocycles. The highest BCUT2D eigenvalue weighted by molar-refractivity contribution is 6.17. The summed E-state index contributed by atoms with van der Waals surface area (Å²) in [5.74, 6) is 1.70. The zero-order valence-corrected chi connectivity index (χ0v) is 12.3. The Balaban J connectivity index is 2.09. The predicted molar refractivity (Wildman–Crippen MR) is 78.2 cm³/mol. The molecule has 2 rings (SSSR count). The topological polar surface area (TPSA) is 16.1 Å². The van der Waals surface area contributed by atoms with Gasteiger partial charge in [-0.1, -0.05) is 19.8 Å². The number of anilines is 1. The fourth-order valence-corrected chi connectivity index (χ4v) is 3.13. The lowest BCUT2D eigenvalue weighted by Crippen LogP contribution is -2.26. The van der Waals surface area contributed by atoms with E-state index in [2.05, 4.69) is 16.8 Å². The average Bonchev–Trinajstić information content (AvgIpc) is 2.65. The Morgan fingerprint density at radius 1 is 1.42 bits per heavy atom. The van der Waals surface area contributed by atoms with Gasteiger partial charge in [0.15, 0.2) is 0 Å². The molecule has 0 bridgehead atoms. The molecular formula is C15H22ClFN2. The third kappa shape index (κ3) is 3.82. The lowest BCUT2D eigenvalue weighted by Gasteiger charge is -2.23. The predicted octanol–water partition coefficient (Wildman–Crippen LogP) is 4.37. The standard InChI is InChI=1S/C15H22ClFN2/c1-2-4-12-5-3-7-19(8-6-12)15-13(10-16)9-14(17)11-18-15/h9,11-12H,2-8,10H2,1H3. The van der Waals surface area contributed by atoms with Gasteiger partial charge in [0.2, 0.25) is 0 Å². The van der Waals surface area contributed by atoms with Gasteiger partial charge in [0.05, 0.1) is 12.1 Å². The van der Waals surface area contributed by atoms with E-state index in [9.17, 15) is 4.39 Å². The maximum Gasteiger partial charge on any atom is 0.141 e. The zero-order chi connectivity index (χ0) is 13.7. The highest BCUT2D eigenvalue weighted by Gasteiger charge is 2.19. The molecular weight excluding hydrogens is 263 g/mol. The van der Waals surface area contributed by atoms with Crippen molar-refractivity contribution in [2.24, 2.45) is 5.92 Å². The van der Waals surface area contributed by atoms with Crippen molar-refractivity contribution in [3.05, 3.63) is 23.6 Å². The summed E-state index contributed by atoms with van der Waals surface area (Å²) >= 11 is 5.91. The van der Waals surface area contributed by atoms with Gasteiger partial charge in [0, 0.05) is 18.7 Å². The average molecular weight is 285 g/mol. The lowest BCUT2D eigenvalue weighted by molar-refractivity contribution is 0.435. The number of nitrogens with zero attached hydrogens (tertiary/aromatic N) is 2. The van der Waals surface area contributed by atoms with Gasteiger partial charge in [-0.2, -0.15) is 0 Å². The molecule has 0 aromatic carbocycles. The fourth-order valence-electron chi connectivity index (χ4n) is 2.93. The van der Waals surface area contributed by atoms with Gasteiger partial charge in [0.25, 0.3) is 0 Å². The van der Waals surface area contributed by atoms with Crippen LogP contribution in [0.1, 0.15) is 44.6 Å². The number of aromatic nitrogens is 1. The number of hydrogen-bond acceptors (Lipinski definition) is 2. The molecule has 19 heavy (non-hydrogen) atoms. The smallest absolute Gasteiger partial charge is 0.141 e. The summed E-state index contributed by atoms with van der Waals surface area (Å²) in [6.45, 7) is 4.26. The minimum absolute atomic E-state index is 0.307. The van der Waals surface area contributed by atoms with Crippen LogP contribution in [0.2, 0.25) is 0 Å². The van der Waals surface area contributed by atoms with Crippen LogP contribution in [0.25, 0.3) is 0 Å². The maximum atomic E-state index is 13.2. The van der Waals surface area contributed by atoms with Crippen molar-refractivity contribution in [3.8, 4) is 0 Å². The Morgan fingerprint density at radius 3 is 3.00 bits per heavy atom. The molecule has 0 amide bonds. The van der Waals surface area contributed by atoms with Gasteiger partial charge in [-0.05, 0) is 31.2 Å². The third-order valence-corrected chi connectivity index (χ3v) is 4.19. The van der Waals surface area contributed by atoms with Crippen LogP contribution >= 0.6 is 11.6 Å². The Kier molecular flexibility index (Phi) is 5.44. The van der Waals surface area contributed by atoms with Crippen molar-refractivity contribution in [3.63, 3.8) is 0 Å². The number of rotatable bonds is 4. The molecule has 4 heteroatoms. The molecule has 0 N–H and O–H groups in total. The molecule has 1 aliphatic rings. The van der Waals surface area contributed by atoms with Crippen molar-refractivity contribution in [1.29, 1.82) is 0 Å². The Labute approximate surface area is 120 Å². The van der Waals surface area contributed by atoms with E-state index in [-0.39, 0.29) is 5.82 Å². The Hall–Kier alpha value is -0.830. The van der Waals surface area contributed by atoms with Crippen molar-refractivity contribution in [2.75, 3.05) is 18.0 Å². The summed E-state index contributed by atoms with van der Waals surface area (Å²) in [4.78, 5) is 6.52. The summed E-state index contributed by atoms with van der Waals surface area (Å²) in [6, 6.07) is 1.50. The summed E-state index contributed by atoms with van der Waals surface area (Å²) < 4.78 is 13.2. The van der Waals surface area contributed by atoms with Gasteiger partial charge in [-0.15, -0.1) is 11.6 Å². The molecule has 2 nitrogen and oxygen atoms in total. The largest absolute Gasteiger partial charge is 0.356 e. The SMILES string of the molecule is CCCC1CCCN(c2ncc(F)cc2CCl)CC1. The summed E-state index contributed by atoms with van der Waals surface area (Å²) in [6.07, 6.45) is 7.54. The summed E-state index contributed by atoms with van der Waals surface area (Å²) in [5.41, 5.74) is 0.801. The van der Waals surface area contributed by atoms with Gasteiger partial charge in [-0.25, -0.2) is 9.37 Å². The first-order valence-corrected chi connectivity index (χ1v) is 7.73. The molecule has 0 radical (unpaired) electrons. The molecule has 0 saturated carbocycles. The molecule has 1 atom stereocenters. The molecule has 0 spiro atoms. The van der Waals surface area contributed by atoms with Gasteiger partial charge in [-0.3, -0.25) is 0 Å². The summed E-state index contributed by atoms with van der Waals surface area (Å²) in [7, 11) is 0. The first-order chi connectivity index (χ1) is 9.24.